The van der Waals surface area contributed by atoms with E-state index in [2.05, 4.69) is 10.2 Å². The minimum Gasteiger partial charge on any atom is -0.463 e. The maximum atomic E-state index is 12.6. The maximum Gasteiger partial charge on any atom is 0.282 e. The van der Waals surface area contributed by atoms with E-state index in [0.29, 0.717) is 11.0 Å². The lowest BCUT2D eigenvalue weighted by Crippen LogP contribution is -2.04. The van der Waals surface area contributed by atoms with Crippen LogP contribution in [-0.2, 0) is 0 Å². The van der Waals surface area contributed by atoms with Crippen LogP contribution in [0.4, 0.5) is 5.69 Å². The van der Waals surface area contributed by atoms with Crippen LogP contribution in [0.25, 0.3) is 33.9 Å². The van der Waals surface area contributed by atoms with E-state index in [1.54, 1.807) is 30.3 Å². The number of fused-ring (bicyclic) bond motifs is 1. The smallest absolute Gasteiger partial charge is 0.282 e. The van der Waals surface area contributed by atoms with Crippen LogP contribution in [0.1, 0.15) is 0 Å². The Hall–Kier alpha value is -3.81. The number of hydrogen-bond acceptors (Lipinski definition) is 7. The van der Waals surface area contributed by atoms with Crippen molar-refractivity contribution in [1.29, 1.82) is 0 Å². The molecule has 0 spiro atoms. The lowest BCUT2D eigenvalue weighted by atomic mass is 10.2. The molecule has 0 aliphatic carbocycles. The number of nitrogens with zero attached hydrogens (tertiary/aromatic N) is 3. The molecule has 122 valence electrons. The summed E-state index contributed by atoms with van der Waals surface area (Å²) in [5, 5.41) is 19.2. The highest BCUT2D eigenvalue weighted by atomic mass is 16.6. The Morgan fingerprint density at radius 2 is 1.60 bits per heavy atom. The van der Waals surface area contributed by atoms with Crippen LogP contribution in [0.2, 0.25) is 0 Å². The predicted molar refractivity (Wildman–Crippen MR) is 87.9 cm³/mol. The molecule has 0 amide bonds. The Kier molecular flexibility index (Phi) is 3.35. The summed E-state index contributed by atoms with van der Waals surface area (Å²) in [6.45, 7) is 0. The van der Waals surface area contributed by atoms with E-state index in [0.717, 1.165) is 0 Å². The molecule has 4 rings (SSSR count). The summed E-state index contributed by atoms with van der Waals surface area (Å²) < 4.78 is 10.9. The molecule has 0 saturated carbocycles. The number of rotatable bonds is 3. The van der Waals surface area contributed by atoms with Gasteiger partial charge in [-0.25, -0.2) is 0 Å². The molecule has 8 nitrogen and oxygen atoms in total. The first-order chi connectivity index (χ1) is 12.1. The number of aromatic nitrogens is 2. The van der Waals surface area contributed by atoms with E-state index in [1.807, 2.05) is 0 Å². The van der Waals surface area contributed by atoms with E-state index in [-0.39, 0.29) is 34.0 Å². The molecule has 25 heavy (non-hydrogen) atoms. The molecule has 0 bridgehead atoms. The summed E-state index contributed by atoms with van der Waals surface area (Å²) in [6, 6.07) is 12.8. The molecule has 2 aromatic carbocycles. The fraction of sp³-hybridized carbons (Fsp3) is 0. The molecule has 0 unspecified atom stereocenters. The van der Waals surface area contributed by atoms with Gasteiger partial charge in [0, 0.05) is 6.07 Å². The average molecular weight is 335 g/mol. The quantitative estimate of drug-likeness (QED) is 0.416. The van der Waals surface area contributed by atoms with Gasteiger partial charge in [-0.15, -0.1) is 10.2 Å². The van der Waals surface area contributed by atoms with Crippen molar-refractivity contribution in [2.45, 2.75) is 0 Å². The summed E-state index contributed by atoms with van der Waals surface area (Å²) in [6.07, 6.45) is 1.24. The number of para-hydroxylation sites is 2. The fourth-order valence-electron chi connectivity index (χ4n) is 2.48. The number of benzene rings is 2. The van der Waals surface area contributed by atoms with Gasteiger partial charge in [0.15, 0.2) is 0 Å². The molecule has 0 atom stereocenters. The van der Waals surface area contributed by atoms with Gasteiger partial charge in [0.05, 0.1) is 10.3 Å². The van der Waals surface area contributed by atoms with Crippen molar-refractivity contribution in [3.8, 4) is 22.9 Å². The van der Waals surface area contributed by atoms with Crippen molar-refractivity contribution >= 4 is 16.7 Å². The van der Waals surface area contributed by atoms with Gasteiger partial charge in [0.1, 0.15) is 23.0 Å². The van der Waals surface area contributed by atoms with E-state index < -0.39 is 4.92 Å². The van der Waals surface area contributed by atoms with Gasteiger partial charge in [-0.3, -0.25) is 14.9 Å². The van der Waals surface area contributed by atoms with Crippen molar-refractivity contribution < 1.29 is 13.8 Å². The zero-order valence-corrected chi connectivity index (χ0v) is 12.6. The minimum atomic E-state index is -0.538. The standard InChI is InChI=1S/C17H9N3O5/c21-15-11-6-2-4-8-14(11)24-9-12(15)17-19-18-16(25-17)10-5-1-3-7-13(10)20(22)23/h1-9H. The molecule has 0 N–H and O–H groups in total. The summed E-state index contributed by atoms with van der Waals surface area (Å²) >= 11 is 0. The molecular weight excluding hydrogens is 326 g/mol. The molecule has 2 aromatic heterocycles. The first kappa shape index (κ1) is 14.8. The van der Waals surface area contributed by atoms with E-state index in [1.165, 1.54) is 24.5 Å². The minimum absolute atomic E-state index is 0.0464. The van der Waals surface area contributed by atoms with Gasteiger partial charge in [-0.2, -0.15) is 0 Å². The Morgan fingerprint density at radius 1 is 0.920 bits per heavy atom. The van der Waals surface area contributed by atoms with E-state index >= 15 is 0 Å². The average Bonchev–Trinajstić information content (AvgIpc) is 3.12. The summed E-state index contributed by atoms with van der Waals surface area (Å²) in [5.41, 5.74) is 0.227. The van der Waals surface area contributed by atoms with Crippen molar-refractivity contribution in [3.05, 3.63) is 75.1 Å². The predicted octanol–water partition coefficient (Wildman–Crippen LogP) is 3.42. The van der Waals surface area contributed by atoms with E-state index in [4.69, 9.17) is 8.83 Å². The fourth-order valence-corrected chi connectivity index (χ4v) is 2.48. The van der Waals surface area contributed by atoms with Crippen LogP contribution in [0, 0.1) is 10.1 Å². The van der Waals surface area contributed by atoms with Crippen LogP contribution < -0.4 is 5.43 Å². The van der Waals surface area contributed by atoms with Crippen LogP contribution >= 0.6 is 0 Å². The van der Waals surface area contributed by atoms with Crippen LogP contribution in [-0.4, -0.2) is 15.1 Å². The van der Waals surface area contributed by atoms with E-state index in [9.17, 15) is 14.9 Å². The normalized spacial score (nSPS) is 10.9. The highest BCUT2D eigenvalue weighted by Gasteiger charge is 2.21. The summed E-state index contributed by atoms with van der Waals surface area (Å²) in [5.74, 6) is -0.109. The van der Waals surface area contributed by atoms with Crippen LogP contribution in [0.3, 0.4) is 0 Å². The van der Waals surface area contributed by atoms with Crippen LogP contribution in [0.15, 0.2) is 68.4 Å². The topological polar surface area (TPSA) is 112 Å². The molecular formula is C17H9N3O5. The van der Waals surface area contributed by atoms with Crippen molar-refractivity contribution in [3.63, 3.8) is 0 Å². The maximum absolute atomic E-state index is 12.6. The number of nitro groups is 1. The number of nitro benzene ring substituents is 1. The van der Waals surface area contributed by atoms with Gasteiger partial charge in [0.25, 0.3) is 17.5 Å². The second kappa shape index (κ2) is 5.68. The highest BCUT2D eigenvalue weighted by molar-refractivity contribution is 5.80. The third-order valence-corrected chi connectivity index (χ3v) is 3.67. The van der Waals surface area contributed by atoms with Crippen molar-refractivity contribution in [1.82, 2.24) is 10.2 Å². The number of hydrogen-bond donors (Lipinski definition) is 0. The second-order valence-corrected chi connectivity index (χ2v) is 5.16. The molecule has 8 heteroatoms. The van der Waals surface area contributed by atoms with Crippen molar-refractivity contribution in [2.75, 3.05) is 0 Å². The zero-order chi connectivity index (χ0) is 17.4. The highest BCUT2D eigenvalue weighted by Crippen LogP contribution is 2.30. The van der Waals surface area contributed by atoms with Gasteiger partial charge >= 0.3 is 0 Å². The molecule has 0 aliphatic heterocycles. The van der Waals surface area contributed by atoms with Crippen LogP contribution in [0.5, 0.6) is 0 Å². The Balaban J connectivity index is 1.85. The second-order valence-electron chi connectivity index (χ2n) is 5.16. The first-order valence-corrected chi connectivity index (χ1v) is 7.23. The lowest BCUT2D eigenvalue weighted by molar-refractivity contribution is -0.384. The Bertz CT molecular complexity index is 1160. The lowest BCUT2D eigenvalue weighted by Gasteiger charge is -1.98. The van der Waals surface area contributed by atoms with Gasteiger partial charge < -0.3 is 8.83 Å². The van der Waals surface area contributed by atoms with Gasteiger partial charge in [-0.1, -0.05) is 24.3 Å². The van der Waals surface area contributed by atoms with Gasteiger partial charge in [-0.05, 0) is 18.2 Å². The zero-order valence-electron chi connectivity index (χ0n) is 12.6. The molecule has 4 aromatic rings. The summed E-state index contributed by atoms with van der Waals surface area (Å²) in [7, 11) is 0. The molecule has 0 aliphatic rings. The SMILES string of the molecule is O=c1c(-c2nnc(-c3ccccc3[N+](=O)[O-])o2)coc2ccccc12. The third kappa shape index (κ3) is 2.45. The molecule has 0 saturated heterocycles. The first-order valence-electron chi connectivity index (χ1n) is 7.23. The van der Waals surface area contributed by atoms with Gasteiger partial charge in [0.2, 0.25) is 5.43 Å². The monoisotopic (exact) mass is 335 g/mol. The molecule has 2 heterocycles. The molecule has 0 radical (unpaired) electrons. The van der Waals surface area contributed by atoms with Crippen molar-refractivity contribution in [2.24, 2.45) is 0 Å². The molecule has 0 fully saturated rings. The Labute approximate surface area is 139 Å². The summed E-state index contributed by atoms with van der Waals surface area (Å²) in [4.78, 5) is 23.1. The Morgan fingerprint density at radius 3 is 2.40 bits per heavy atom. The largest absolute Gasteiger partial charge is 0.463 e. The third-order valence-electron chi connectivity index (χ3n) is 3.67.